The molecule has 0 radical (unpaired) electrons. The van der Waals surface area contributed by atoms with E-state index in [0.717, 1.165) is 23.7 Å². The highest BCUT2D eigenvalue weighted by Crippen LogP contribution is 2.39. The molecule has 20 heavy (non-hydrogen) atoms. The third-order valence-electron chi connectivity index (χ3n) is 3.55. The molecule has 1 aliphatic rings. The summed E-state index contributed by atoms with van der Waals surface area (Å²) in [6.45, 7) is 0.744. The number of nitrogens with one attached hydrogen (secondary N) is 1. The Labute approximate surface area is 125 Å². The second kappa shape index (κ2) is 6.18. The fourth-order valence-electron chi connectivity index (χ4n) is 2.27. The number of methoxy groups -OCH3 is 1. The van der Waals surface area contributed by atoms with Crippen LogP contribution in [0, 0.1) is 0 Å². The van der Waals surface area contributed by atoms with Gasteiger partial charge in [-0.3, -0.25) is 4.68 Å². The number of aromatic nitrogens is 2. The molecule has 1 aromatic carbocycles. The molecule has 1 N–H and O–H groups in total. The molecule has 0 spiro atoms. The molecule has 2 aromatic rings. The molecule has 4 nitrogen and oxygen atoms in total. The van der Waals surface area contributed by atoms with Gasteiger partial charge in [0.25, 0.3) is 0 Å². The van der Waals surface area contributed by atoms with E-state index in [2.05, 4.69) is 22.5 Å². The van der Waals surface area contributed by atoms with E-state index in [9.17, 15) is 0 Å². The smallest absolute Gasteiger partial charge is 0.124 e. The van der Waals surface area contributed by atoms with Gasteiger partial charge in [0.2, 0.25) is 0 Å². The topological polar surface area (TPSA) is 39.1 Å². The fourth-order valence-corrected chi connectivity index (χ4v) is 2.27. The zero-order chi connectivity index (χ0) is 13.2. The monoisotopic (exact) mass is 293 g/mol. The van der Waals surface area contributed by atoms with Crippen molar-refractivity contribution in [3.05, 3.63) is 41.6 Å². The fraction of sp³-hybridized carbons (Fsp3) is 0.400. The molecule has 1 fully saturated rings. The lowest BCUT2D eigenvalue weighted by molar-refractivity contribution is 0.410. The minimum Gasteiger partial charge on any atom is -0.496 e. The highest BCUT2D eigenvalue weighted by molar-refractivity contribution is 5.85. The van der Waals surface area contributed by atoms with Gasteiger partial charge in [-0.2, -0.15) is 5.10 Å². The number of nitrogens with zero attached hydrogens (tertiary/aromatic N) is 2. The molecule has 5 heteroatoms. The normalized spacial score (nSPS) is 13.7. The van der Waals surface area contributed by atoms with Crippen LogP contribution >= 0.6 is 12.4 Å². The Kier molecular flexibility index (Phi) is 4.55. The van der Waals surface area contributed by atoms with Crippen molar-refractivity contribution < 1.29 is 4.74 Å². The van der Waals surface area contributed by atoms with E-state index in [1.54, 1.807) is 7.11 Å². The van der Waals surface area contributed by atoms with Crippen LogP contribution in [0.5, 0.6) is 5.75 Å². The molecule has 1 aromatic heterocycles. The van der Waals surface area contributed by atoms with Gasteiger partial charge in [-0.25, -0.2) is 0 Å². The highest BCUT2D eigenvalue weighted by Gasteiger charge is 2.26. The van der Waals surface area contributed by atoms with Crippen LogP contribution in [0.4, 0.5) is 5.82 Å². The molecule has 0 bridgehead atoms. The van der Waals surface area contributed by atoms with Crippen molar-refractivity contribution >= 4 is 18.2 Å². The number of halogens is 1. The molecular formula is C15H20ClN3O. The Bertz CT molecular complexity index is 578. The maximum Gasteiger partial charge on any atom is 0.124 e. The predicted molar refractivity (Wildman–Crippen MR) is 82.8 cm³/mol. The minimum atomic E-state index is 0. The predicted octanol–water partition coefficient (Wildman–Crippen LogP) is 3.34. The van der Waals surface area contributed by atoms with E-state index >= 15 is 0 Å². The first-order chi connectivity index (χ1) is 9.28. The van der Waals surface area contributed by atoms with Crippen LogP contribution in [0.3, 0.4) is 0 Å². The summed E-state index contributed by atoms with van der Waals surface area (Å²) in [5.74, 6) is 2.67. The maximum atomic E-state index is 5.35. The molecule has 0 saturated heterocycles. The first-order valence-corrected chi connectivity index (χ1v) is 6.67. The number of rotatable bonds is 5. The molecule has 0 aliphatic heterocycles. The van der Waals surface area contributed by atoms with Gasteiger partial charge in [0, 0.05) is 31.1 Å². The molecule has 1 aliphatic carbocycles. The number of benzene rings is 1. The van der Waals surface area contributed by atoms with Gasteiger partial charge in [-0.15, -0.1) is 12.4 Å². The minimum absolute atomic E-state index is 0. The lowest BCUT2D eigenvalue weighted by Crippen LogP contribution is -2.05. The van der Waals surface area contributed by atoms with Crippen LogP contribution in [-0.2, 0) is 13.6 Å². The van der Waals surface area contributed by atoms with E-state index in [-0.39, 0.29) is 12.4 Å². The van der Waals surface area contributed by atoms with Gasteiger partial charge >= 0.3 is 0 Å². The van der Waals surface area contributed by atoms with E-state index in [1.807, 2.05) is 29.9 Å². The van der Waals surface area contributed by atoms with Gasteiger partial charge in [0.1, 0.15) is 11.6 Å². The van der Waals surface area contributed by atoms with E-state index in [1.165, 1.54) is 18.5 Å². The largest absolute Gasteiger partial charge is 0.496 e. The second-order valence-corrected chi connectivity index (χ2v) is 5.02. The van der Waals surface area contributed by atoms with Crippen LogP contribution in [0.1, 0.15) is 30.0 Å². The summed E-state index contributed by atoms with van der Waals surface area (Å²) in [5, 5.41) is 7.98. The van der Waals surface area contributed by atoms with Crippen LogP contribution in [0.15, 0.2) is 30.3 Å². The number of hydrogen-bond donors (Lipinski definition) is 1. The summed E-state index contributed by atoms with van der Waals surface area (Å²) in [5.41, 5.74) is 2.36. The average Bonchev–Trinajstić information content (AvgIpc) is 3.21. The van der Waals surface area contributed by atoms with Crippen molar-refractivity contribution in [3.63, 3.8) is 0 Å². The molecule has 1 heterocycles. The third-order valence-corrected chi connectivity index (χ3v) is 3.55. The summed E-state index contributed by atoms with van der Waals surface area (Å²) in [7, 11) is 3.69. The number of hydrogen-bond acceptors (Lipinski definition) is 3. The zero-order valence-corrected chi connectivity index (χ0v) is 12.6. The van der Waals surface area contributed by atoms with Gasteiger partial charge in [-0.1, -0.05) is 18.2 Å². The van der Waals surface area contributed by atoms with Gasteiger partial charge in [0.05, 0.1) is 12.8 Å². The van der Waals surface area contributed by atoms with Crippen molar-refractivity contribution in [1.29, 1.82) is 0 Å². The molecule has 0 atom stereocenters. The summed E-state index contributed by atoms with van der Waals surface area (Å²) >= 11 is 0. The first kappa shape index (κ1) is 14.7. The van der Waals surface area contributed by atoms with Crippen molar-refractivity contribution in [1.82, 2.24) is 9.78 Å². The van der Waals surface area contributed by atoms with E-state index in [4.69, 9.17) is 4.74 Å². The Morgan fingerprint density at radius 3 is 2.80 bits per heavy atom. The first-order valence-electron chi connectivity index (χ1n) is 6.67. The quantitative estimate of drug-likeness (QED) is 0.919. The van der Waals surface area contributed by atoms with Gasteiger partial charge in [0.15, 0.2) is 0 Å². The molecule has 108 valence electrons. The van der Waals surface area contributed by atoms with Crippen LogP contribution in [0.25, 0.3) is 0 Å². The Morgan fingerprint density at radius 1 is 1.35 bits per heavy atom. The van der Waals surface area contributed by atoms with Crippen LogP contribution in [0.2, 0.25) is 0 Å². The second-order valence-electron chi connectivity index (χ2n) is 5.02. The average molecular weight is 294 g/mol. The number of anilines is 1. The molecule has 3 rings (SSSR count). The Morgan fingerprint density at radius 2 is 2.10 bits per heavy atom. The molecular weight excluding hydrogens is 274 g/mol. The summed E-state index contributed by atoms with van der Waals surface area (Å²) < 4.78 is 7.27. The van der Waals surface area contributed by atoms with Gasteiger partial charge < -0.3 is 10.1 Å². The van der Waals surface area contributed by atoms with Crippen LogP contribution in [-0.4, -0.2) is 16.9 Å². The molecule has 0 amide bonds. The maximum absolute atomic E-state index is 5.35. The van der Waals surface area contributed by atoms with E-state index in [0.29, 0.717) is 5.92 Å². The van der Waals surface area contributed by atoms with Crippen LogP contribution < -0.4 is 10.1 Å². The van der Waals surface area contributed by atoms with Crippen molar-refractivity contribution in [2.45, 2.75) is 25.3 Å². The number of ether oxygens (including phenoxy) is 1. The van der Waals surface area contributed by atoms with Crippen molar-refractivity contribution in [2.75, 3.05) is 12.4 Å². The number of aryl methyl sites for hydroxylation is 1. The summed E-state index contributed by atoms with van der Waals surface area (Å²) in [6, 6.07) is 10.2. The molecule has 0 unspecified atom stereocenters. The lowest BCUT2D eigenvalue weighted by Gasteiger charge is -2.10. The number of para-hydroxylation sites is 1. The van der Waals surface area contributed by atoms with Gasteiger partial charge in [-0.05, 0) is 18.9 Å². The SMILES string of the molecule is COc1ccccc1CNc1cc(C2CC2)nn1C.Cl. The van der Waals surface area contributed by atoms with E-state index < -0.39 is 0 Å². The summed E-state index contributed by atoms with van der Waals surface area (Å²) in [4.78, 5) is 0. The molecule has 1 saturated carbocycles. The third kappa shape index (κ3) is 3.07. The van der Waals surface area contributed by atoms with Crippen molar-refractivity contribution in [2.24, 2.45) is 7.05 Å². The summed E-state index contributed by atoms with van der Waals surface area (Å²) in [6.07, 6.45) is 2.56. The lowest BCUT2D eigenvalue weighted by atomic mass is 10.2. The Balaban J connectivity index is 0.00000147. The Hall–Kier alpha value is -1.68. The zero-order valence-electron chi connectivity index (χ0n) is 11.8. The van der Waals surface area contributed by atoms with Crippen molar-refractivity contribution in [3.8, 4) is 5.75 Å². The standard InChI is InChI=1S/C15H19N3O.ClH/c1-18-15(9-13(17-18)11-7-8-11)16-10-12-5-3-4-6-14(12)19-2;/h3-6,9,11,16H,7-8,10H2,1-2H3;1H. The highest BCUT2D eigenvalue weighted by atomic mass is 35.5.